The van der Waals surface area contributed by atoms with Crippen LogP contribution in [0.5, 0.6) is 5.75 Å². The molecule has 1 aliphatic rings. The minimum absolute atomic E-state index is 0.0156. The predicted octanol–water partition coefficient (Wildman–Crippen LogP) is 4.94. The summed E-state index contributed by atoms with van der Waals surface area (Å²) in [6, 6.07) is 14.2. The van der Waals surface area contributed by atoms with Crippen molar-refractivity contribution in [2.75, 3.05) is 4.90 Å². The topological polar surface area (TPSA) is 104 Å². The first-order valence-electron chi connectivity index (χ1n) is 10.0. The van der Waals surface area contributed by atoms with Crippen LogP contribution in [0, 0.1) is 0 Å². The summed E-state index contributed by atoms with van der Waals surface area (Å²) in [5.41, 5.74) is 2.32. The van der Waals surface area contributed by atoms with Gasteiger partial charge in [0.25, 0.3) is 5.91 Å². The highest BCUT2D eigenvalue weighted by Crippen LogP contribution is 2.44. The fraction of sp³-hybridized carbons (Fsp3) is 0.125. The van der Waals surface area contributed by atoms with E-state index in [1.807, 2.05) is 18.2 Å². The lowest BCUT2D eigenvalue weighted by Gasteiger charge is -2.24. The van der Waals surface area contributed by atoms with Crippen molar-refractivity contribution in [2.24, 2.45) is 0 Å². The Balaban J connectivity index is 1.67. The first-order valence-corrected chi connectivity index (χ1v) is 10.8. The molecule has 1 aliphatic heterocycles. The van der Waals surface area contributed by atoms with Crippen molar-refractivity contribution in [2.45, 2.75) is 19.4 Å². The summed E-state index contributed by atoms with van der Waals surface area (Å²) in [7, 11) is 0. The number of amides is 1. The molecule has 0 bridgehead atoms. The first-order chi connectivity index (χ1) is 15.5. The summed E-state index contributed by atoms with van der Waals surface area (Å²) < 4.78 is 6.14. The van der Waals surface area contributed by atoms with E-state index in [1.54, 1.807) is 18.2 Å². The maximum absolute atomic E-state index is 13.2. The number of carbonyl (C=O) groups is 2. The Morgan fingerprint density at radius 3 is 2.62 bits per heavy atom. The van der Waals surface area contributed by atoms with Crippen LogP contribution in [-0.2, 0) is 11.2 Å². The van der Waals surface area contributed by atoms with E-state index >= 15 is 0 Å². The number of ketones is 1. The van der Waals surface area contributed by atoms with Crippen LogP contribution in [0.1, 0.15) is 34.6 Å². The van der Waals surface area contributed by atoms with Gasteiger partial charge in [-0.25, -0.2) is 4.98 Å². The number of thiazole rings is 1. The number of nitrogens with zero attached hydrogens (tertiary/aromatic N) is 2. The van der Waals surface area contributed by atoms with Crippen molar-refractivity contribution >= 4 is 38.4 Å². The molecule has 1 unspecified atom stereocenters. The Morgan fingerprint density at radius 2 is 1.94 bits per heavy atom. The number of aromatic nitrogens is 1. The Kier molecular flexibility index (Phi) is 4.79. The second-order valence-electron chi connectivity index (χ2n) is 7.39. The molecule has 32 heavy (non-hydrogen) atoms. The van der Waals surface area contributed by atoms with Gasteiger partial charge in [0, 0.05) is 0 Å². The Morgan fingerprint density at radius 1 is 1.16 bits per heavy atom. The average Bonchev–Trinajstić information content (AvgIpc) is 3.52. The Labute approximate surface area is 186 Å². The molecule has 3 heterocycles. The number of hydrogen-bond acceptors (Lipinski definition) is 7. The number of furan rings is 1. The number of aliphatic hydroxyl groups is 1. The molecule has 1 atom stereocenters. The monoisotopic (exact) mass is 446 g/mol. The predicted molar refractivity (Wildman–Crippen MR) is 120 cm³/mol. The number of phenols is 1. The van der Waals surface area contributed by atoms with Gasteiger partial charge in [-0.3, -0.25) is 14.5 Å². The summed E-state index contributed by atoms with van der Waals surface area (Å²) >= 11 is 1.31. The van der Waals surface area contributed by atoms with Crippen molar-refractivity contribution in [3.63, 3.8) is 0 Å². The average molecular weight is 446 g/mol. The van der Waals surface area contributed by atoms with Gasteiger partial charge in [-0.05, 0) is 53.9 Å². The second kappa shape index (κ2) is 7.65. The molecule has 8 heteroatoms. The lowest BCUT2D eigenvalue weighted by molar-refractivity contribution is -0.117. The standard InChI is InChI=1S/C24H18N2O5S/c1-2-13-5-10-16-18(12-13)32-24(25-16)26-20(14-6-8-15(27)9-7-14)19(22(29)23(26)30)21(28)17-4-3-11-31-17/h3-12,20,27,29H,2H2,1H3. The number of aliphatic hydroxyl groups excluding tert-OH is 1. The molecule has 7 nitrogen and oxygen atoms in total. The highest BCUT2D eigenvalue weighted by Gasteiger charge is 2.46. The smallest absolute Gasteiger partial charge is 0.296 e. The van der Waals surface area contributed by atoms with E-state index in [9.17, 15) is 19.8 Å². The van der Waals surface area contributed by atoms with Crippen molar-refractivity contribution in [3.8, 4) is 5.75 Å². The zero-order chi connectivity index (χ0) is 22.4. The minimum atomic E-state index is -0.924. The minimum Gasteiger partial charge on any atom is -0.508 e. The summed E-state index contributed by atoms with van der Waals surface area (Å²) in [4.78, 5) is 32.3. The van der Waals surface area contributed by atoms with Crippen molar-refractivity contribution in [1.82, 2.24) is 4.98 Å². The number of carbonyl (C=O) groups excluding carboxylic acids is 2. The summed E-state index contributed by atoms with van der Waals surface area (Å²) in [6.07, 6.45) is 2.22. The second-order valence-corrected chi connectivity index (χ2v) is 8.40. The zero-order valence-electron chi connectivity index (χ0n) is 17.0. The van der Waals surface area contributed by atoms with E-state index in [0.717, 1.165) is 22.2 Å². The van der Waals surface area contributed by atoms with Gasteiger partial charge in [-0.1, -0.05) is 36.5 Å². The maximum Gasteiger partial charge on any atom is 0.296 e. The van der Waals surface area contributed by atoms with E-state index in [-0.39, 0.29) is 17.1 Å². The number of aryl methyl sites for hydroxylation is 1. The molecular formula is C24H18N2O5S. The van der Waals surface area contributed by atoms with Gasteiger partial charge in [-0.2, -0.15) is 0 Å². The van der Waals surface area contributed by atoms with Gasteiger partial charge in [0.2, 0.25) is 5.78 Å². The van der Waals surface area contributed by atoms with E-state index in [4.69, 9.17) is 4.42 Å². The van der Waals surface area contributed by atoms with Gasteiger partial charge in [0.05, 0.1) is 28.1 Å². The molecule has 0 aliphatic carbocycles. The van der Waals surface area contributed by atoms with Crippen LogP contribution in [-0.4, -0.2) is 26.9 Å². The van der Waals surface area contributed by atoms with Crippen LogP contribution < -0.4 is 4.90 Å². The number of Topliss-reactive ketones (excluding diaryl/α,β-unsaturated/α-hetero) is 1. The van der Waals surface area contributed by atoms with Gasteiger partial charge in [-0.15, -0.1) is 0 Å². The summed E-state index contributed by atoms with van der Waals surface area (Å²) in [6.45, 7) is 2.06. The van der Waals surface area contributed by atoms with Crippen LogP contribution in [0.15, 0.2) is 76.6 Å². The van der Waals surface area contributed by atoms with Crippen LogP contribution in [0.2, 0.25) is 0 Å². The highest BCUT2D eigenvalue weighted by atomic mass is 32.1. The van der Waals surface area contributed by atoms with Gasteiger partial charge in [0.15, 0.2) is 16.7 Å². The molecule has 0 saturated heterocycles. The molecular weight excluding hydrogens is 428 g/mol. The van der Waals surface area contributed by atoms with E-state index in [2.05, 4.69) is 11.9 Å². The lowest BCUT2D eigenvalue weighted by atomic mass is 9.95. The third kappa shape index (κ3) is 3.16. The van der Waals surface area contributed by atoms with Gasteiger partial charge >= 0.3 is 0 Å². The van der Waals surface area contributed by atoms with E-state index < -0.39 is 23.5 Å². The number of aromatic hydroxyl groups is 1. The number of anilines is 1. The van der Waals surface area contributed by atoms with Crippen LogP contribution >= 0.6 is 11.3 Å². The van der Waals surface area contributed by atoms with Crippen LogP contribution in [0.4, 0.5) is 5.13 Å². The molecule has 0 spiro atoms. The van der Waals surface area contributed by atoms with Crippen LogP contribution in [0.25, 0.3) is 10.2 Å². The van der Waals surface area contributed by atoms with Crippen molar-refractivity contribution in [3.05, 3.63) is 89.1 Å². The molecule has 5 rings (SSSR count). The Hall–Kier alpha value is -3.91. The number of fused-ring (bicyclic) bond motifs is 1. The molecule has 0 fully saturated rings. The fourth-order valence-corrected chi connectivity index (χ4v) is 4.88. The summed E-state index contributed by atoms with van der Waals surface area (Å²) in [5.74, 6) is -1.88. The van der Waals surface area contributed by atoms with Crippen LogP contribution in [0.3, 0.4) is 0 Å². The number of phenolic OH excluding ortho intramolecular Hbond substituents is 1. The zero-order valence-corrected chi connectivity index (χ0v) is 17.8. The quantitative estimate of drug-likeness (QED) is 0.421. The molecule has 1 amide bonds. The van der Waals surface area contributed by atoms with Gasteiger partial charge in [0.1, 0.15) is 5.75 Å². The fourth-order valence-electron chi connectivity index (χ4n) is 3.83. The molecule has 4 aromatic rings. The number of hydrogen-bond donors (Lipinski definition) is 2. The SMILES string of the molecule is CCc1ccc2nc(N3C(=O)C(O)=C(C(=O)c4ccco4)C3c3ccc(O)cc3)sc2c1. The van der Waals surface area contributed by atoms with Gasteiger partial charge < -0.3 is 14.6 Å². The number of rotatable bonds is 5. The molecule has 0 radical (unpaired) electrons. The molecule has 2 aromatic carbocycles. The molecule has 2 aromatic heterocycles. The van der Waals surface area contributed by atoms with E-state index in [0.29, 0.717) is 10.7 Å². The molecule has 0 saturated carbocycles. The third-order valence-corrected chi connectivity index (χ3v) is 6.48. The normalized spacial score (nSPS) is 16.3. The highest BCUT2D eigenvalue weighted by molar-refractivity contribution is 7.22. The van der Waals surface area contributed by atoms with E-state index in [1.165, 1.54) is 40.7 Å². The third-order valence-electron chi connectivity index (χ3n) is 5.46. The lowest BCUT2D eigenvalue weighted by Crippen LogP contribution is -2.30. The first kappa shape index (κ1) is 20.0. The van der Waals surface area contributed by atoms with Crippen molar-refractivity contribution < 1.29 is 24.2 Å². The van der Waals surface area contributed by atoms with Crippen molar-refractivity contribution in [1.29, 1.82) is 0 Å². The number of benzene rings is 2. The Bertz CT molecular complexity index is 1370. The molecule has 2 N–H and O–H groups in total. The molecule has 160 valence electrons. The largest absolute Gasteiger partial charge is 0.508 e. The summed E-state index contributed by atoms with van der Waals surface area (Å²) in [5, 5.41) is 20.8. The maximum atomic E-state index is 13.2.